The Morgan fingerprint density at radius 3 is 2.00 bits per heavy atom. The van der Waals surface area contributed by atoms with E-state index in [4.69, 9.17) is 0 Å². The number of thiophene rings is 1. The summed E-state index contributed by atoms with van der Waals surface area (Å²) in [5.41, 5.74) is 1.12. The Balaban J connectivity index is 1.78. The third-order valence-corrected chi connectivity index (χ3v) is 6.45. The zero-order valence-corrected chi connectivity index (χ0v) is 17.2. The predicted molar refractivity (Wildman–Crippen MR) is 111 cm³/mol. The average molecular weight is 448 g/mol. The Bertz CT molecular complexity index is 1270. The first kappa shape index (κ1) is 20.4. The number of hydrogen-bond acceptors (Lipinski definition) is 4. The largest absolute Gasteiger partial charge is 0.420 e. The van der Waals surface area contributed by atoms with Gasteiger partial charge in [-0.15, -0.1) is 0 Å². The van der Waals surface area contributed by atoms with Crippen LogP contribution in [-0.2, 0) is 16.0 Å². The lowest BCUT2D eigenvalue weighted by atomic mass is 10.00. The summed E-state index contributed by atoms with van der Waals surface area (Å²) in [4.78, 5) is 0.0311. The summed E-state index contributed by atoms with van der Waals surface area (Å²) in [5.74, 6) is 0. The van der Waals surface area contributed by atoms with Crippen molar-refractivity contribution in [3.63, 3.8) is 0 Å². The van der Waals surface area contributed by atoms with Gasteiger partial charge in [0.1, 0.15) is 11.3 Å². The van der Waals surface area contributed by atoms with Crippen molar-refractivity contribution in [1.82, 2.24) is 10.2 Å². The number of alkyl halides is 3. The van der Waals surface area contributed by atoms with Crippen LogP contribution in [0.4, 0.5) is 13.2 Å². The van der Waals surface area contributed by atoms with E-state index in [-0.39, 0.29) is 21.8 Å². The van der Waals surface area contributed by atoms with Crippen LogP contribution in [0.5, 0.6) is 0 Å². The van der Waals surface area contributed by atoms with E-state index in [2.05, 4.69) is 10.2 Å². The Morgan fingerprint density at radius 2 is 1.47 bits per heavy atom. The molecule has 0 amide bonds. The molecule has 2 aromatic carbocycles. The molecule has 154 valence electrons. The second kappa shape index (κ2) is 7.41. The minimum absolute atomic E-state index is 0.0311. The molecular weight excluding hydrogens is 433 g/mol. The first-order valence-corrected chi connectivity index (χ1v) is 11.6. The van der Waals surface area contributed by atoms with Gasteiger partial charge in [-0.05, 0) is 40.1 Å². The molecule has 0 aliphatic rings. The van der Waals surface area contributed by atoms with Crippen LogP contribution in [0.1, 0.15) is 5.56 Å². The molecule has 2 aromatic heterocycles. The predicted octanol–water partition coefficient (Wildman–Crippen LogP) is 5.89. The zero-order valence-electron chi connectivity index (χ0n) is 15.6. The molecule has 0 aliphatic carbocycles. The van der Waals surface area contributed by atoms with Crippen LogP contribution in [0, 0.1) is 0 Å². The molecule has 0 aliphatic heterocycles. The van der Waals surface area contributed by atoms with Crippen molar-refractivity contribution in [2.45, 2.75) is 11.1 Å². The SMILES string of the molecule is CS(=O)(=O)c1ccc(-c2[nH]nc(-c3ccc(-c4ccsc4)cc3)c2C(F)(F)F)cc1. The van der Waals surface area contributed by atoms with Crippen molar-refractivity contribution in [3.8, 4) is 33.6 Å². The number of halogens is 3. The summed E-state index contributed by atoms with van der Waals surface area (Å²) >= 11 is 1.54. The fourth-order valence-electron chi connectivity index (χ4n) is 3.15. The second-order valence-electron chi connectivity index (χ2n) is 6.71. The maximum Gasteiger partial charge on any atom is 0.420 e. The first-order valence-electron chi connectivity index (χ1n) is 8.73. The van der Waals surface area contributed by atoms with Crippen molar-refractivity contribution < 1.29 is 21.6 Å². The Morgan fingerprint density at radius 1 is 0.867 bits per heavy atom. The number of sulfone groups is 1. The maximum atomic E-state index is 13.9. The number of H-pyrrole nitrogens is 1. The van der Waals surface area contributed by atoms with Crippen LogP contribution in [0.3, 0.4) is 0 Å². The van der Waals surface area contributed by atoms with Gasteiger partial charge in [-0.1, -0.05) is 36.4 Å². The molecule has 4 nitrogen and oxygen atoms in total. The van der Waals surface area contributed by atoms with Gasteiger partial charge in [0, 0.05) is 17.4 Å². The number of aromatic amines is 1. The van der Waals surface area contributed by atoms with Crippen LogP contribution in [0.2, 0.25) is 0 Å². The molecular formula is C21H15F3N2O2S2. The van der Waals surface area contributed by atoms with Crippen LogP contribution in [-0.4, -0.2) is 24.9 Å². The molecule has 0 atom stereocenters. The van der Waals surface area contributed by atoms with E-state index < -0.39 is 21.6 Å². The number of hydrogen-bond donors (Lipinski definition) is 1. The molecule has 0 unspecified atom stereocenters. The van der Waals surface area contributed by atoms with Crippen molar-refractivity contribution >= 4 is 21.2 Å². The van der Waals surface area contributed by atoms with Gasteiger partial charge >= 0.3 is 6.18 Å². The number of aromatic nitrogens is 2. The molecule has 2 heterocycles. The molecule has 0 fully saturated rings. The van der Waals surface area contributed by atoms with Crippen molar-refractivity contribution in [2.24, 2.45) is 0 Å². The highest BCUT2D eigenvalue weighted by atomic mass is 32.2. The van der Waals surface area contributed by atoms with Gasteiger partial charge in [0.25, 0.3) is 0 Å². The van der Waals surface area contributed by atoms with E-state index in [1.807, 2.05) is 16.8 Å². The van der Waals surface area contributed by atoms with Gasteiger partial charge in [0.15, 0.2) is 9.84 Å². The minimum atomic E-state index is -4.65. The summed E-state index contributed by atoms with van der Waals surface area (Å²) in [5, 5.41) is 10.3. The zero-order chi connectivity index (χ0) is 21.5. The third kappa shape index (κ3) is 3.90. The molecule has 1 N–H and O–H groups in total. The summed E-state index contributed by atoms with van der Waals surface area (Å²) in [6.07, 6.45) is -3.61. The van der Waals surface area contributed by atoms with E-state index in [0.29, 0.717) is 5.56 Å². The number of nitrogens with zero attached hydrogens (tertiary/aromatic N) is 1. The first-order chi connectivity index (χ1) is 14.1. The average Bonchev–Trinajstić information content (AvgIpc) is 3.37. The van der Waals surface area contributed by atoms with Crippen LogP contribution < -0.4 is 0 Å². The molecule has 0 bridgehead atoms. The molecule has 4 rings (SSSR count). The van der Waals surface area contributed by atoms with E-state index >= 15 is 0 Å². The molecule has 9 heteroatoms. The van der Waals surface area contributed by atoms with E-state index in [1.165, 1.54) is 24.3 Å². The lowest BCUT2D eigenvalue weighted by molar-refractivity contribution is -0.136. The van der Waals surface area contributed by atoms with Crippen LogP contribution in [0.15, 0.2) is 70.3 Å². The lowest BCUT2D eigenvalue weighted by Crippen LogP contribution is -2.07. The van der Waals surface area contributed by atoms with E-state index in [0.717, 1.165) is 17.4 Å². The van der Waals surface area contributed by atoms with Gasteiger partial charge < -0.3 is 0 Å². The molecule has 4 aromatic rings. The maximum absolute atomic E-state index is 13.9. The summed E-state index contributed by atoms with van der Waals surface area (Å²) in [7, 11) is -3.45. The van der Waals surface area contributed by atoms with Gasteiger partial charge in [-0.2, -0.15) is 29.6 Å². The van der Waals surface area contributed by atoms with Crippen molar-refractivity contribution in [3.05, 3.63) is 70.9 Å². The highest BCUT2D eigenvalue weighted by Gasteiger charge is 2.39. The number of benzene rings is 2. The third-order valence-electron chi connectivity index (χ3n) is 4.63. The highest BCUT2D eigenvalue weighted by molar-refractivity contribution is 7.90. The van der Waals surface area contributed by atoms with Gasteiger partial charge in [-0.25, -0.2) is 8.42 Å². The number of rotatable bonds is 4. The second-order valence-corrected chi connectivity index (χ2v) is 9.50. The highest BCUT2D eigenvalue weighted by Crippen LogP contribution is 2.42. The molecule has 30 heavy (non-hydrogen) atoms. The molecule has 0 radical (unpaired) electrons. The molecule has 0 saturated carbocycles. The van der Waals surface area contributed by atoms with E-state index in [1.54, 1.807) is 35.6 Å². The van der Waals surface area contributed by atoms with Crippen molar-refractivity contribution in [1.29, 1.82) is 0 Å². The molecule has 0 saturated heterocycles. The van der Waals surface area contributed by atoms with Crippen LogP contribution in [0.25, 0.3) is 33.6 Å². The fraction of sp³-hybridized carbons (Fsp3) is 0.0952. The number of nitrogens with one attached hydrogen (secondary N) is 1. The van der Waals surface area contributed by atoms with Gasteiger partial charge in [-0.3, -0.25) is 5.10 Å². The minimum Gasteiger partial charge on any atom is -0.277 e. The summed E-state index contributed by atoms with van der Waals surface area (Å²) in [6, 6.07) is 13.9. The van der Waals surface area contributed by atoms with Gasteiger partial charge in [0.05, 0.1) is 10.6 Å². The topological polar surface area (TPSA) is 62.8 Å². The van der Waals surface area contributed by atoms with Gasteiger partial charge in [0.2, 0.25) is 0 Å². The normalized spacial score (nSPS) is 12.3. The van der Waals surface area contributed by atoms with E-state index in [9.17, 15) is 21.6 Å². The Hall–Kier alpha value is -2.91. The summed E-state index contributed by atoms with van der Waals surface area (Å²) < 4.78 is 65.0. The van der Waals surface area contributed by atoms with Crippen LogP contribution >= 0.6 is 11.3 Å². The fourth-order valence-corrected chi connectivity index (χ4v) is 4.45. The monoisotopic (exact) mass is 448 g/mol. The van der Waals surface area contributed by atoms with Crippen molar-refractivity contribution in [2.75, 3.05) is 6.26 Å². The standard InChI is InChI=1S/C21H15F3N2O2S2/c1-30(27,28)17-8-6-15(7-9-17)20-18(21(22,23)24)19(25-26-20)14-4-2-13(3-5-14)16-10-11-29-12-16/h2-12H,1H3,(H,25,26). The Labute approximate surface area is 174 Å². The molecule has 0 spiro atoms. The summed E-state index contributed by atoms with van der Waals surface area (Å²) in [6.45, 7) is 0. The lowest BCUT2D eigenvalue weighted by Gasteiger charge is -2.11. The Kier molecular flexibility index (Phi) is 5.03. The quantitative estimate of drug-likeness (QED) is 0.423. The smallest absolute Gasteiger partial charge is 0.277 e.